The van der Waals surface area contributed by atoms with Crippen molar-refractivity contribution < 1.29 is 4.79 Å². The summed E-state index contributed by atoms with van der Waals surface area (Å²) < 4.78 is 0.702. The molecule has 0 spiro atoms. The van der Waals surface area contributed by atoms with E-state index in [1.54, 1.807) is 12.1 Å². The van der Waals surface area contributed by atoms with E-state index in [9.17, 15) is 10.1 Å². The number of carbonyl (C=O) groups excluding carboxylic acids is 1. The van der Waals surface area contributed by atoms with Crippen molar-refractivity contribution in [3.63, 3.8) is 0 Å². The molecule has 0 saturated heterocycles. The third-order valence-corrected chi connectivity index (χ3v) is 5.79. The number of halogens is 1. The van der Waals surface area contributed by atoms with Crippen LogP contribution in [0.25, 0.3) is 0 Å². The smallest absolute Gasteiger partial charge is 0.252 e. The first-order valence-electron chi connectivity index (χ1n) is 7.46. The van der Waals surface area contributed by atoms with Gasteiger partial charge in [0.25, 0.3) is 5.91 Å². The summed E-state index contributed by atoms with van der Waals surface area (Å²) in [6.07, 6.45) is 0. The first kappa shape index (κ1) is 17.6. The first-order valence-corrected chi connectivity index (χ1v) is 9.47. The van der Waals surface area contributed by atoms with Gasteiger partial charge in [0.15, 0.2) is 0 Å². The molecule has 0 saturated carbocycles. The molecule has 0 aliphatic carbocycles. The van der Waals surface area contributed by atoms with Crippen molar-refractivity contribution >= 4 is 40.6 Å². The molecular formula is C19H13ClN2OS2. The molecule has 0 bridgehead atoms. The quantitative estimate of drug-likeness (QED) is 0.644. The molecule has 0 radical (unpaired) electrons. The second-order valence-electron chi connectivity index (χ2n) is 5.09. The van der Waals surface area contributed by atoms with Crippen LogP contribution in [0.4, 0.5) is 0 Å². The number of amides is 1. The fourth-order valence-corrected chi connectivity index (χ4v) is 4.27. The van der Waals surface area contributed by atoms with Crippen LogP contribution in [0.15, 0.2) is 70.5 Å². The number of thiophene rings is 1. The predicted molar refractivity (Wildman–Crippen MR) is 102 cm³/mol. The molecule has 124 valence electrons. The number of nitrogens with one attached hydrogen (secondary N) is 1. The van der Waals surface area contributed by atoms with E-state index in [0.717, 1.165) is 14.7 Å². The van der Waals surface area contributed by atoms with Gasteiger partial charge in [-0.2, -0.15) is 5.26 Å². The van der Waals surface area contributed by atoms with Crippen molar-refractivity contribution in [1.29, 1.82) is 5.26 Å². The van der Waals surface area contributed by atoms with Crippen LogP contribution in [0.1, 0.15) is 20.8 Å². The monoisotopic (exact) mass is 384 g/mol. The lowest BCUT2D eigenvalue weighted by atomic mass is 10.2. The number of benzene rings is 2. The molecule has 0 fully saturated rings. The molecule has 0 aliphatic heterocycles. The highest BCUT2D eigenvalue weighted by atomic mass is 35.5. The highest BCUT2D eigenvalue weighted by molar-refractivity contribution is 7.99. The zero-order valence-corrected chi connectivity index (χ0v) is 15.4. The van der Waals surface area contributed by atoms with Gasteiger partial charge in [-0.05, 0) is 36.4 Å². The van der Waals surface area contributed by atoms with Crippen molar-refractivity contribution in [2.75, 3.05) is 0 Å². The van der Waals surface area contributed by atoms with Crippen molar-refractivity contribution in [3.8, 4) is 6.07 Å². The molecule has 2 aromatic carbocycles. The van der Waals surface area contributed by atoms with Gasteiger partial charge in [-0.15, -0.1) is 11.3 Å². The Kier molecular flexibility index (Phi) is 5.77. The van der Waals surface area contributed by atoms with Crippen LogP contribution in [0, 0.1) is 11.3 Å². The number of rotatable bonds is 5. The number of nitrogens with zero attached hydrogens (tertiary/aromatic N) is 1. The van der Waals surface area contributed by atoms with Gasteiger partial charge in [-0.25, -0.2) is 0 Å². The Hall–Kier alpha value is -2.26. The summed E-state index contributed by atoms with van der Waals surface area (Å²) in [5, 5.41) is 12.2. The van der Waals surface area contributed by atoms with Crippen LogP contribution in [-0.4, -0.2) is 5.91 Å². The van der Waals surface area contributed by atoms with E-state index < -0.39 is 0 Å². The number of nitriles is 1. The standard InChI is InChI=1S/C19H13ClN2OS2/c20-18-10-9-14(24-18)12-22-19(23)15-6-2-4-8-17(15)25-16-7-3-1-5-13(16)11-21/h1-10H,12H2,(H,22,23). The third kappa shape index (κ3) is 4.43. The molecule has 1 amide bonds. The van der Waals surface area contributed by atoms with Crippen molar-refractivity contribution in [2.24, 2.45) is 0 Å². The summed E-state index contributed by atoms with van der Waals surface area (Å²) in [6.45, 7) is 0.435. The first-order chi connectivity index (χ1) is 12.2. The lowest BCUT2D eigenvalue weighted by Crippen LogP contribution is -2.22. The lowest BCUT2D eigenvalue weighted by Gasteiger charge is -2.10. The molecular weight excluding hydrogens is 372 g/mol. The molecule has 1 heterocycles. The largest absolute Gasteiger partial charge is 0.347 e. The Morgan fingerprint density at radius 1 is 1.08 bits per heavy atom. The Morgan fingerprint density at radius 2 is 1.80 bits per heavy atom. The van der Waals surface area contributed by atoms with E-state index in [-0.39, 0.29) is 5.91 Å². The second kappa shape index (κ2) is 8.21. The fraction of sp³-hybridized carbons (Fsp3) is 0.0526. The van der Waals surface area contributed by atoms with E-state index in [1.165, 1.54) is 23.1 Å². The summed E-state index contributed by atoms with van der Waals surface area (Å²) in [5.41, 5.74) is 1.18. The van der Waals surface area contributed by atoms with Gasteiger partial charge in [0, 0.05) is 14.7 Å². The third-order valence-electron chi connectivity index (χ3n) is 3.41. The lowest BCUT2D eigenvalue weighted by molar-refractivity contribution is 0.0948. The van der Waals surface area contributed by atoms with E-state index >= 15 is 0 Å². The van der Waals surface area contributed by atoms with E-state index in [2.05, 4.69) is 11.4 Å². The van der Waals surface area contributed by atoms with Crippen LogP contribution >= 0.6 is 34.7 Å². The Morgan fingerprint density at radius 3 is 2.52 bits per heavy atom. The highest BCUT2D eigenvalue weighted by Crippen LogP contribution is 2.32. The molecule has 0 aliphatic rings. The topological polar surface area (TPSA) is 52.9 Å². The summed E-state index contributed by atoms with van der Waals surface area (Å²) in [7, 11) is 0. The summed E-state index contributed by atoms with van der Waals surface area (Å²) in [6, 6.07) is 20.6. The zero-order chi connectivity index (χ0) is 17.6. The molecule has 3 aromatic rings. The molecule has 6 heteroatoms. The van der Waals surface area contributed by atoms with E-state index in [1.807, 2.05) is 48.5 Å². The van der Waals surface area contributed by atoms with Crippen LogP contribution in [-0.2, 0) is 6.54 Å². The average molecular weight is 385 g/mol. The average Bonchev–Trinajstić information content (AvgIpc) is 3.06. The highest BCUT2D eigenvalue weighted by Gasteiger charge is 2.13. The number of hydrogen-bond acceptors (Lipinski definition) is 4. The molecule has 1 aromatic heterocycles. The van der Waals surface area contributed by atoms with Gasteiger partial charge in [-0.3, -0.25) is 4.79 Å². The molecule has 3 rings (SSSR count). The minimum Gasteiger partial charge on any atom is -0.347 e. The molecule has 0 unspecified atom stereocenters. The Bertz CT molecular complexity index is 946. The van der Waals surface area contributed by atoms with E-state index in [4.69, 9.17) is 11.6 Å². The summed E-state index contributed by atoms with van der Waals surface area (Å²) in [5.74, 6) is -0.151. The second-order valence-corrected chi connectivity index (χ2v) is 7.98. The molecule has 25 heavy (non-hydrogen) atoms. The molecule has 1 N–H and O–H groups in total. The Labute approximate surface area is 159 Å². The SMILES string of the molecule is N#Cc1ccccc1Sc1ccccc1C(=O)NCc1ccc(Cl)s1. The number of carbonyl (C=O) groups is 1. The normalized spacial score (nSPS) is 10.2. The maximum Gasteiger partial charge on any atom is 0.252 e. The van der Waals surface area contributed by atoms with Gasteiger partial charge >= 0.3 is 0 Å². The van der Waals surface area contributed by atoms with E-state index in [0.29, 0.717) is 22.0 Å². The molecule has 3 nitrogen and oxygen atoms in total. The maximum absolute atomic E-state index is 12.6. The van der Waals surface area contributed by atoms with Crippen LogP contribution in [0.2, 0.25) is 4.34 Å². The zero-order valence-electron chi connectivity index (χ0n) is 13.0. The maximum atomic E-state index is 12.6. The van der Waals surface area contributed by atoms with Crippen LogP contribution in [0.5, 0.6) is 0 Å². The van der Waals surface area contributed by atoms with Gasteiger partial charge in [0.05, 0.1) is 22.0 Å². The van der Waals surface area contributed by atoms with Crippen molar-refractivity contribution in [3.05, 3.63) is 81.0 Å². The minimum absolute atomic E-state index is 0.151. The number of hydrogen-bond donors (Lipinski definition) is 1. The minimum atomic E-state index is -0.151. The predicted octanol–water partition coefficient (Wildman–Crippen LogP) is 5.35. The van der Waals surface area contributed by atoms with Gasteiger partial charge < -0.3 is 5.32 Å². The summed E-state index contributed by atoms with van der Waals surface area (Å²) in [4.78, 5) is 15.2. The molecule has 0 atom stereocenters. The van der Waals surface area contributed by atoms with Gasteiger partial charge in [0.2, 0.25) is 0 Å². The Balaban J connectivity index is 1.78. The van der Waals surface area contributed by atoms with Crippen LogP contribution < -0.4 is 5.32 Å². The van der Waals surface area contributed by atoms with Gasteiger partial charge in [0.1, 0.15) is 6.07 Å². The summed E-state index contributed by atoms with van der Waals surface area (Å²) >= 11 is 8.78. The van der Waals surface area contributed by atoms with Crippen molar-refractivity contribution in [2.45, 2.75) is 16.3 Å². The van der Waals surface area contributed by atoms with Gasteiger partial charge in [-0.1, -0.05) is 47.6 Å². The van der Waals surface area contributed by atoms with Crippen LogP contribution in [0.3, 0.4) is 0 Å². The van der Waals surface area contributed by atoms with Crippen molar-refractivity contribution in [1.82, 2.24) is 5.32 Å². The fourth-order valence-electron chi connectivity index (χ4n) is 2.22.